The Kier molecular flexibility index (Phi) is 4.28. The predicted octanol–water partition coefficient (Wildman–Crippen LogP) is 5.16. The van der Waals surface area contributed by atoms with Gasteiger partial charge in [0.25, 0.3) is 0 Å². The number of ether oxygens (including phenoxy) is 2. The molecule has 142 valence electrons. The summed E-state index contributed by atoms with van der Waals surface area (Å²) in [5, 5.41) is 9.84. The first kappa shape index (κ1) is 17.1. The normalized spacial score (nSPS) is 42.0. The quantitative estimate of drug-likeness (QED) is 0.795. The molecule has 4 aliphatic rings. The van der Waals surface area contributed by atoms with Crippen LogP contribution < -0.4 is 0 Å². The highest BCUT2D eigenvalue weighted by Crippen LogP contribution is 2.61. The van der Waals surface area contributed by atoms with Crippen molar-refractivity contribution < 1.29 is 14.6 Å². The number of hydrogen-bond donors (Lipinski definition) is 1. The van der Waals surface area contributed by atoms with Gasteiger partial charge >= 0.3 is 0 Å². The first-order chi connectivity index (χ1) is 12.6. The van der Waals surface area contributed by atoms with Gasteiger partial charge in [-0.1, -0.05) is 13.0 Å². The van der Waals surface area contributed by atoms with Crippen LogP contribution in [0, 0.1) is 17.3 Å². The summed E-state index contributed by atoms with van der Waals surface area (Å²) in [5.74, 6) is 2.66. The molecule has 1 aliphatic heterocycles. The Balaban J connectivity index is 1.36. The number of rotatable bonds is 2. The molecule has 1 saturated heterocycles. The third kappa shape index (κ3) is 2.70. The van der Waals surface area contributed by atoms with E-state index < -0.39 is 0 Å². The molecule has 3 fully saturated rings. The van der Waals surface area contributed by atoms with Crippen molar-refractivity contribution in [1.29, 1.82) is 0 Å². The van der Waals surface area contributed by atoms with Gasteiger partial charge in [-0.05, 0) is 104 Å². The molecule has 0 radical (unpaired) electrons. The summed E-state index contributed by atoms with van der Waals surface area (Å²) < 4.78 is 12.4. The summed E-state index contributed by atoms with van der Waals surface area (Å²) in [6.07, 6.45) is 11.3. The van der Waals surface area contributed by atoms with Gasteiger partial charge in [0.15, 0.2) is 6.29 Å². The highest BCUT2D eigenvalue weighted by atomic mass is 16.7. The summed E-state index contributed by atoms with van der Waals surface area (Å²) in [6.45, 7) is 3.37. The topological polar surface area (TPSA) is 38.7 Å². The molecule has 1 N–H and O–H groups in total. The Morgan fingerprint density at radius 1 is 1.12 bits per heavy atom. The Morgan fingerprint density at radius 3 is 2.88 bits per heavy atom. The van der Waals surface area contributed by atoms with E-state index in [2.05, 4.69) is 13.0 Å². The fourth-order valence-electron chi connectivity index (χ4n) is 6.75. The molecule has 1 aromatic rings. The van der Waals surface area contributed by atoms with Crippen LogP contribution in [0.4, 0.5) is 0 Å². The summed E-state index contributed by atoms with van der Waals surface area (Å²) >= 11 is 0. The smallest absolute Gasteiger partial charge is 0.157 e. The molecule has 6 atom stereocenters. The fraction of sp³-hybridized carbons (Fsp3) is 0.739. The van der Waals surface area contributed by atoms with Crippen LogP contribution in [0.3, 0.4) is 0 Å². The summed E-state index contributed by atoms with van der Waals surface area (Å²) in [4.78, 5) is 0. The second-order valence-corrected chi connectivity index (χ2v) is 9.34. The molecule has 0 amide bonds. The number of fused-ring (bicyclic) bond motifs is 5. The van der Waals surface area contributed by atoms with E-state index in [0.717, 1.165) is 31.3 Å². The van der Waals surface area contributed by atoms with Gasteiger partial charge in [-0.2, -0.15) is 0 Å². The Labute approximate surface area is 157 Å². The fourth-order valence-corrected chi connectivity index (χ4v) is 6.75. The third-order valence-electron chi connectivity index (χ3n) is 8.08. The van der Waals surface area contributed by atoms with E-state index in [0.29, 0.717) is 23.2 Å². The maximum Gasteiger partial charge on any atom is 0.157 e. The standard InChI is InChI=1S/C23H32O3/c1-23-12-11-18-17-8-6-16(24)14-15(17)5-7-19(18)20(23)9-10-21(23)26-22-4-2-3-13-25-22/h6,8,14,18-22,24H,2-5,7,9-13H2,1H3/t18-,19-,20-,21-,22+,23+/m0/s1. The SMILES string of the molecule is C[C@@]12CC[C@H]3c4ccc(O)cc4CC[C@@H]3[C@@H]1CC[C@@H]2O[C@@H]1CCCCO1. The van der Waals surface area contributed by atoms with Crippen molar-refractivity contribution in [3.63, 3.8) is 0 Å². The molecule has 2 saturated carbocycles. The number of hydrogen-bond acceptors (Lipinski definition) is 3. The van der Waals surface area contributed by atoms with E-state index in [1.165, 1.54) is 56.1 Å². The first-order valence-corrected chi connectivity index (χ1v) is 10.7. The van der Waals surface area contributed by atoms with E-state index >= 15 is 0 Å². The molecule has 3 nitrogen and oxygen atoms in total. The van der Waals surface area contributed by atoms with E-state index in [1.807, 2.05) is 12.1 Å². The van der Waals surface area contributed by atoms with Crippen LogP contribution in [0.1, 0.15) is 75.3 Å². The Hall–Kier alpha value is -1.06. The van der Waals surface area contributed by atoms with Gasteiger partial charge in [0.2, 0.25) is 0 Å². The van der Waals surface area contributed by atoms with Crippen molar-refractivity contribution in [2.75, 3.05) is 6.61 Å². The summed E-state index contributed by atoms with van der Waals surface area (Å²) in [5.41, 5.74) is 3.22. The minimum Gasteiger partial charge on any atom is -0.508 e. The molecular formula is C23H32O3. The number of phenolic OH excluding ortho intramolecular Hbond substituents is 1. The van der Waals surface area contributed by atoms with Crippen molar-refractivity contribution in [3.05, 3.63) is 29.3 Å². The maximum atomic E-state index is 9.84. The third-order valence-corrected chi connectivity index (χ3v) is 8.08. The van der Waals surface area contributed by atoms with E-state index in [9.17, 15) is 5.11 Å². The lowest BCUT2D eigenvalue weighted by Crippen LogP contribution is -2.46. The second-order valence-electron chi connectivity index (χ2n) is 9.34. The van der Waals surface area contributed by atoms with Crippen LogP contribution in [-0.4, -0.2) is 24.1 Å². The first-order valence-electron chi connectivity index (χ1n) is 10.7. The second kappa shape index (κ2) is 6.53. The lowest BCUT2D eigenvalue weighted by Gasteiger charge is -2.51. The van der Waals surface area contributed by atoms with Gasteiger partial charge in [-0.15, -0.1) is 0 Å². The molecule has 1 heterocycles. The molecular weight excluding hydrogens is 324 g/mol. The maximum absolute atomic E-state index is 9.84. The largest absolute Gasteiger partial charge is 0.508 e. The average molecular weight is 357 g/mol. The molecule has 1 aromatic carbocycles. The van der Waals surface area contributed by atoms with Gasteiger partial charge in [0.05, 0.1) is 6.10 Å². The minimum atomic E-state index is 0.0390. The zero-order valence-electron chi connectivity index (χ0n) is 16.0. The van der Waals surface area contributed by atoms with Gasteiger partial charge in [-0.3, -0.25) is 0 Å². The van der Waals surface area contributed by atoms with Crippen LogP contribution in [0.15, 0.2) is 18.2 Å². The van der Waals surface area contributed by atoms with Crippen molar-refractivity contribution in [2.45, 2.75) is 83.0 Å². The molecule has 5 rings (SSSR count). The van der Waals surface area contributed by atoms with Crippen LogP contribution in [0.2, 0.25) is 0 Å². The monoisotopic (exact) mass is 356 g/mol. The molecule has 0 aromatic heterocycles. The highest BCUT2D eigenvalue weighted by Gasteiger charge is 2.55. The number of phenols is 1. The molecule has 0 unspecified atom stereocenters. The molecule has 0 bridgehead atoms. The number of aryl methyl sites for hydroxylation is 1. The lowest BCUT2D eigenvalue weighted by molar-refractivity contribution is -0.212. The predicted molar refractivity (Wildman–Crippen MR) is 101 cm³/mol. The Morgan fingerprint density at radius 2 is 2.04 bits per heavy atom. The zero-order chi connectivity index (χ0) is 17.7. The summed E-state index contributed by atoms with van der Waals surface area (Å²) in [6, 6.07) is 6.08. The van der Waals surface area contributed by atoms with E-state index in [4.69, 9.17) is 9.47 Å². The Bertz CT molecular complexity index is 665. The lowest BCUT2D eigenvalue weighted by atomic mass is 9.55. The van der Waals surface area contributed by atoms with Gasteiger partial charge in [0.1, 0.15) is 5.75 Å². The zero-order valence-corrected chi connectivity index (χ0v) is 16.0. The van der Waals surface area contributed by atoms with Gasteiger partial charge in [0, 0.05) is 6.61 Å². The van der Waals surface area contributed by atoms with Crippen LogP contribution in [-0.2, 0) is 15.9 Å². The molecule has 3 aliphatic carbocycles. The van der Waals surface area contributed by atoms with Crippen molar-refractivity contribution in [2.24, 2.45) is 17.3 Å². The molecule has 3 heteroatoms. The van der Waals surface area contributed by atoms with Crippen molar-refractivity contribution >= 4 is 0 Å². The van der Waals surface area contributed by atoms with Crippen LogP contribution in [0.5, 0.6) is 5.75 Å². The minimum absolute atomic E-state index is 0.0390. The average Bonchev–Trinajstić information content (AvgIpc) is 2.98. The number of benzene rings is 1. The van der Waals surface area contributed by atoms with Crippen LogP contribution >= 0.6 is 0 Å². The van der Waals surface area contributed by atoms with E-state index in [-0.39, 0.29) is 6.29 Å². The molecule has 26 heavy (non-hydrogen) atoms. The van der Waals surface area contributed by atoms with Gasteiger partial charge < -0.3 is 14.6 Å². The van der Waals surface area contributed by atoms with Crippen LogP contribution in [0.25, 0.3) is 0 Å². The van der Waals surface area contributed by atoms with Gasteiger partial charge in [-0.25, -0.2) is 0 Å². The number of aromatic hydroxyl groups is 1. The van der Waals surface area contributed by atoms with Crippen molar-refractivity contribution in [1.82, 2.24) is 0 Å². The highest BCUT2D eigenvalue weighted by molar-refractivity contribution is 5.40. The summed E-state index contributed by atoms with van der Waals surface area (Å²) in [7, 11) is 0. The van der Waals surface area contributed by atoms with Crippen molar-refractivity contribution in [3.8, 4) is 5.75 Å². The molecule has 0 spiro atoms. The van der Waals surface area contributed by atoms with E-state index in [1.54, 1.807) is 0 Å².